The molecule has 0 radical (unpaired) electrons. The maximum absolute atomic E-state index is 13.5. The van der Waals surface area contributed by atoms with Crippen LogP contribution in [0.4, 0.5) is 4.39 Å². The molecule has 0 amide bonds. The van der Waals surface area contributed by atoms with Crippen molar-refractivity contribution in [3.63, 3.8) is 0 Å². The Morgan fingerprint density at radius 2 is 2.14 bits per heavy atom. The number of halogens is 1. The van der Waals surface area contributed by atoms with Crippen molar-refractivity contribution in [3.05, 3.63) is 47.8 Å². The maximum atomic E-state index is 13.5. The third-order valence-electron chi connectivity index (χ3n) is 2.34. The molecule has 0 bridgehead atoms. The lowest BCUT2D eigenvalue weighted by molar-refractivity contribution is 0.593. The fourth-order valence-electron chi connectivity index (χ4n) is 1.70. The van der Waals surface area contributed by atoms with Gasteiger partial charge in [0.1, 0.15) is 5.82 Å². The first-order valence-electron chi connectivity index (χ1n) is 5.05. The lowest BCUT2D eigenvalue weighted by atomic mass is 9.94. The molecular weight excluding hydrogens is 175 g/mol. The highest BCUT2D eigenvalue weighted by Crippen LogP contribution is 2.23. The van der Waals surface area contributed by atoms with Crippen LogP contribution in [0.3, 0.4) is 0 Å². The molecule has 0 saturated carbocycles. The third kappa shape index (κ3) is 2.44. The van der Waals surface area contributed by atoms with Crippen molar-refractivity contribution in [3.8, 4) is 0 Å². The topological polar surface area (TPSA) is 0 Å². The number of aryl methyl sites for hydroxylation is 1. The molecule has 1 aromatic rings. The molecule has 76 valence electrons. The summed E-state index contributed by atoms with van der Waals surface area (Å²) < 4.78 is 13.5. The molecule has 0 heterocycles. The van der Waals surface area contributed by atoms with Crippen molar-refractivity contribution in [2.45, 2.75) is 32.6 Å². The average Bonchev–Trinajstić information content (AvgIpc) is 2.14. The number of allylic oxidation sites excluding steroid dienone is 1. The Hall–Kier alpha value is -1.11. The van der Waals surface area contributed by atoms with E-state index >= 15 is 0 Å². The van der Waals surface area contributed by atoms with E-state index in [4.69, 9.17) is 0 Å². The molecule has 1 aromatic carbocycles. The van der Waals surface area contributed by atoms with E-state index in [1.54, 1.807) is 6.07 Å². The Balaban J connectivity index is 3.01. The van der Waals surface area contributed by atoms with Gasteiger partial charge in [0.25, 0.3) is 0 Å². The van der Waals surface area contributed by atoms with Gasteiger partial charge in [0.05, 0.1) is 0 Å². The van der Waals surface area contributed by atoms with E-state index in [0.29, 0.717) is 0 Å². The predicted octanol–water partition coefficient (Wildman–Crippen LogP) is 4.07. The standard InChI is InChI=1S/C13H17F/c1-4-5-7-11-8-6-9-12(14)13(11)10(2)3/h4,6,8-10H,1,5,7H2,2-3H3. The summed E-state index contributed by atoms with van der Waals surface area (Å²) in [6, 6.07) is 5.31. The second kappa shape index (κ2) is 4.94. The minimum absolute atomic E-state index is 0.0819. The number of rotatable bonds is 4. The van der Waals surface area contributed by atoms with E-state index in [1.165, 1.54) is 6.07 Å². The van der Waals surface area contributed by atoms with Gasteiger partial charge < -0.3 is 0 Å². The Morgan fingerprint density at radius 3 is 2.71 bits per heavy atom. The van der Waals surface area contributed by atoms with Crippen LogP contribution in [0, 0.1) is 5.82 Å². The smallest absolute Gasteiger partial charge is 0.126 e. The molecule has 0 atom stereocenters. The van der Waals surface area contributed by atoms with Crippen molar-refractivity contribution in [2.75, 3.05) is 0 Å². The van der Waals surface area contributed by atoms with E-state index < -0.39 is 0 Å². The first kappa shape index (κ1) is 11.0. The highest BCUT2D eigenvalue weighted by Gasteiger charge is 2.10. The van der Waals surface area contributed by atoms with Crippen LogP contribution in [-0.4, -0.2) is 0 Å². The third-order valence-corrected chi connectivity index (χ3v) is 2.34. The largest absolute Gasteiger partial charge is 0.207 e. The molecule has 0 unspecified atom stereocenters. The van der Waals surface area contributed by atoms with Crippen LogP contribution in [0.25, 0.3) is 0 Å². The molecule has 1 rings (SSSR count). The van der Waals surface area contributed by atoms with Gasteiger partial charge in [-0.1, -0.05) is 32.1 Å². The molecule has 0 saturated heterocycles. The van der Waals surface area contributed by atoms with Crippen LogP contribution in [0.5, 0.6) is 0 Å². The Labute approximate surface area is 85.5 Å². The highest BCUT2D eigenvalue weighted by molar-refractivity contribution is 5.31. The van der Waals surface area contributed by atoms with Gasteiger partial charge in [0, 0.05) is 0 Å². The van der Waals surface area contributed by atoms with Crippen LogP contribution < -0.4 is 0 Å². The summed E-state index contributed by atoms with van der Waals surface area (Å²) >= 11 is 0. The zero-order chi connectivity index (χ0) is 10.6. The van der Waals surface area contributed by atoms with E-state index in [1.807, 2.05) is 26.0 Å². The van der Waals surface area contributed by atoms with Crippen LogP contribution in [0.1, 0.15) is 37.3 Å². The Morgan fingerprint density at radius 1 is 1.43 bits per heavy atom. The zero-order valence-electron chi connectivity index (χ0n) is 8.89. The SMILES string of the molecule is C=CCCc1cccc(F)c1C(C)C. The molecule has 0 aliphatic carbocycles. The quantitative estimate of drug-likeness (QED) is 0.631. The molecule has 0 aliphatic heterocycles. The fraction of sp³-hybridized carbons (Fsp3) is 0.385. The summed E-state index contributed by atoms with van der Waals surface area (Å²) in [7, 11) is 0. The molecular formula is C13H17F. The monoisotopic (exact) mass is 192 g/mol. The minimum Gasteiger partial charge on any atom is -0.207 e. The van der Waals surface area contributed by atoms with Crippen molar-refractivity contribution in [2.24, 2.45) is 0 Å². The molecule has 0 aromatic heterocycles. The van der Waals surface area contributed by atoms with Gasteiger partial charge in [-0.15, -0.1) is 6.58 Å². The van der Waals surface area contributed by atoms with E-state index in [-0.39, 0.29) is 11.7 Å². The number of hydrogen-bond acceptors (Lipinski definition) is 0. The van der Waals surface area contributed by atoms with Crippen molar-refractivity contribution >= 4 is 0 Å². The summed E-state index contributed by atoms with van der Waals surface area (Å²) in [4.78, 5) is 0. The first-order chi connectivity index (χ1) is 6.66. The lowest BCUT2D eigenvalue weighted by Gasteiger charge is -2.12. The molecule has 0 N–H and O–H groups in total. The fourth-order valence-corrected chi connectivity index (χ4v) is 1.70. The summed E-state index contributed by atoms with van der Waals surface area (Å²) in [5.74, 6) is 0.164. The van der Waals surface area contributed by atoms with Crippen molar-refractivity contribution in [1.29, 1.82) is 0 Å². The zero-order valence-corrected chi connectivity index (χ0v) is 8.89. The summed E-state index contributed by atoms with van der Waals surface area (Å²) in [6.45, 7) is 7.73. The predicted molar refractivity (Wildman–Crippen MR) is 59.0 cm³/mol. The van der Waals surface area contributed by atoms with Gasteiger partial charge in [0.15, 0.2) is 0 Å². The summed E-state index contributed by atoms with van der Waals surface area (Å²) in [5, 5.41) is 0. The van der Waals surface area contributed by atoms with Gasteiger partial charge in [0.2, 0.25) is 0 Å². The average molecular weight is 192 g/mol. The molecule has 1 heteroatoms. The van der Waals surface area contributed by atoms with Gasteiger partial charge >= 0.3 is 0 Å². The van der Waals surface area contributed by atoms with Gasteiger partial charge in [-0.05, 0) is 36.0 Å². The van der Waals surface area contributed by atoms with Crippen LogP contribution in [0.15, 0.2) is 30.9 Å². The molecule has 14 heavy (non-hydrogen) atoms. The maximum Gasteiger partial charge on any atom is 0.126 e. The number of benzene rings is 1. The lowest BCUT2D eigenvalue weighted by Crippen LogP contribution is -1.99. The van der Waals surface area contributed by atoms with Crippen LogP contribution >= 0.6 is 0 Å². The van der Waals surface area contributed by atoms with Gasteiger partial charge in [-0.25, -0.2) is 4.39 Å². The number of hydrogen-bond donors (Lipinski definition) is 0. The molecule has 0 aliphatic rings. The Bertz CT molecular complexity index is 313. The molecule has 0 spiro atoms. The summed E-state index contributed by atoms with van der Waals surface area (Å²) in [6.07, 6.45) is 3.66. The normalized spacial score (nSPS) is 10.6. The van der Waals surface area contributed by atoms with Crippen LogP contribution in [-0.2, 0) is 6.42 Å². The van der Waals surface area contributed by atoms with Gasteiger partial charge in [-0.3, -0.25) is 0 Å². The summed E-state index contributed by atoms with van der Waals surface area (Å²) in [5.41, 5.74) is 1.97. The highest BCUT2D eigenvalue weighted by atomic mass is 19.1. The second-order valence-electron chi connectivity index (χ2n) is 3.79. The van der Waals surface area contributed by atoms with Gasteiger partial charge in [-0.2, -0.15) is 0 Å². The second-order valence-corrected chi connectivity index (χ2v) is 3.79. The molecule has 0 nitrogen and oxygen atoms in total. The Kier molecular flexibility index (Phi) is 3.87. The minimum atomic E-state index is -0.0819. The van der Waals surface area contributed by atoms with Crippen molar-refractivity contribution < 1.29 is 4.39 Å². The molecule has 0 fully saturated rings. The van der Waals surface area contributed by atoms with E-state index in [9.17, 15) is 4.39 Å². The van der Waals surface area contributed by atoms with Crippen LogP contribution in [0.2, 0.25) is 0 Å². The van der Waals surface area contributed by atoms with E-state index in [0.717, 1.165) is 24.0 Å². The first-order valence-corrected chi connectivity index (χ1v) is 5.05. The van der Waals surface area contributed by atoms with Crippen molar-refractivity contribution in [1.82, 2.24) is 0 Å². The van der Waals surface area contributed by atoms with E-state index in [2.05, 4.69) is 6.58 Å².